The first kappa shape index (κ1) is 14.9. The van der Waals surface area contributed by atoms with Gasteiger partial charge in [-0.15, -0.1) is 5.10 Å². The lowest BCUT2D eigenvalue weighted by atomic mass is 9.92. The summed E-state index contributed by atoms with van der Waals surface area (Å²) < 4.78 is 15.9. The number of hydrogen-bond donors (Lipinski definition) is 1. The summed E-state index contributed by atoms with van der Waals surface area (Å²) in [7, 11) is 0. The number of anilines is 1. The highest BCUT2D eigenvalue weighted by Gasteiger charge is 2.35. The molecule has 0 saturated carbocycles. The molecule has 0 radical (unpaired) electrons. The second-order valence-electron chi connectivity index (χ2n) is 6.18. The lowest BCUT2D eigenvalue weighted by molar-refractivity contribution is 0.00591. The van der Waals surface area contributed by atoms with E-state index < -0.39 is 5.60 Å². The molecule has 1 atom stereocenters. The third kappa shape index (κ3) is 2.69. The minimum atomic E-state index is -0.964. The van der Waals surface area contributed by atoms with Crippen molar-refractivity contribution in [3.8, 4) is 0 Å². The highest BCUT2D eigenvalue weighted by Crippen LogP contribution is 2.31. The van der Waals surface area contributed by atoms with Crippen molar-refractivity contribution in [3.05, 3.63) is 42.7 Å². The fraction of sp³-hybridized carbons (Fsp3) is 0.375. The fourth-order valence-electron chi connectivity index (χ4n) is 3.33. The molecule has 1 saturated heterocycles. The molecule has 8 heteroatoms. The number of β-amino-alcohol motifs (C(OH)–C–C–N with tert-alkyl or cyclic N) is 1. The lowest BCUT2D eigenvalue weighted by Gasteiger charge is -2.39. The third-order valence-electron chi connectivity index (χ3n) is 4.38. The topological polar surface area (TPSA) is 80.0 Å². The first-order chi connectivity index (χ1) is 11.6. The van der Waals surface area contributed by atoms with E-state index in [0.717, 1.165) is 6.42 Å². The van der Waals surface area contributed by atoms with Crippen LogP contribution in [0.3, 0.4) is 0 Å². The molecule has 3 aromatic rings. The van der Waals surface area contributed by atoms with Gasteiger partial charge in [0.2, 0.25) is 0 Å². The SMILES string of the molecule is OC1(Cn2ccnn2)CCCN(c2ncnc3cccc(F)c23)C1. The molecular weight excluding hydrogens is 311 g/mol. The average Bonchev–Trinajstić information content (AvgIpc) is 3.07. The first-order valence-corrected chi connectivity index (χ1v) is 7.85. The monoisotopic (exact) mass is 328 g/mol. The van der Waals surface area contributed by atoms with Gasteiger partial charge in [-0.2, -0.15) is 0 Å². The van der Waals surface area contributed by atoms with Crippen molar-refractivity contribution >= 4 is 16.7 Å². The number of piperidine rings is 1. The predicted molar refractivity (Wildman–Crippen MR) is 85.9 cm³/mol. The molecule has 1 fully saturated rings. The molecule has 3 heterocycles. The zero-order valence-corrected chi connectivity index (χ0v) is 13.0. The second kappa shape index (κ2) is 5.79. The van der Waals surface area contributed by atoms with E-state index in [1.54, 1.807) is 29.2 Å². The quantitative estimate of drug-likeness (QED) is 0.783. The van der Waals surface area contributed by atoms with Crippen LogP contribution in [-0.4, -0.2) is 48.8 Å². The van der Waals surface area contributed by atoms with E-state index >= 15 is 0 Å². The maximum atomic E-state index is 14.3. The van der Waals surface area contributed by atoms with Gasteiger partial charge in [0.1, 0.15) is 23.6 Å². The van der Waals surface area contributed by atoms with Gasteiger partial charge in [0.05, 0.1) is 23.6 Å². The summed E-state index contributed by atoms with van der Waals surface area (Å²) in [5.74, 6) is 0.170. The van der Waals surface area contributed by atoms with Crippen LogP contribution in [0.2, 0.25) is 0 Å². The van der Waals surface area contributed by atoms with Gasteiger partial charge in [-0.25, -0.2) is 19.0 Å². The van der Waals surface area contributed by atoms with Crippen LogP contribution in [0.5, 0.6) is 0 Å². The van der Waals surface area contributed by atoms with Gasteiger partial charge >= 0.3 is 0 Å². The number of benzene rings is 1. The van der Waals surface area contributed by atoms with E-state index in [2.05, 4.69) is 20.3 Å². The molecule has 7 nitrogen and oxygen atoms in total. The Morgan fingerprint density at radius 1 is 1.29 bits per heavy atom. The zero-order chi connectivity index (χ0) is 16.6. The van der Waals surface area contributed by atoms with Crippen molar-refractivity contribution in [2.45, 2.75) is 25.0 Å². The summed E-state index contributed by atoms with van der Waals surface area (Å²) in [6.07, 6.45) is 6.16. The molecule has 24 heavy (non-hydrogen) atoms. The number of aliphatic hydroxyl groups is 1. The van der Waals surface area contributed by atoms with Crippen LogP contribution >= 0.6 is 0 Å². The minimum Gasteiger partial charge on any atom is -0.386 e. The highest BCUT2D eigenvalue weighted by atomic mass is 19.1. The predicted octanol–water partition coefficient (Wildman–Crippen LogP) is 1.39. The summed E-state index contributed by atoms with van der Waals surface area (Å²) in [4.78, 5) is 10.3. The van der Waals surface area contributed by atoms with Crippen molar-refractivity contribution in [2.24, 2.45) is 0 Å². The van der Waals surface area contributed by atoms with Gasteiger partial charge in [0.15, 0.2) is 0 Å². The summed E-state index contributed by atoms with van der Waals surface area (Å²) in [6, 6.07) is 4.79. The maximum Gasteiger partial charge on any atom is 0.142 e. The normalized spacial score (nSPS) is 21.3. The Morgan fingerprint density at radius 2 is 2.21 bits per heavy atom. The van der Waals surface area contributed by atoms with Gasteiger partial charge in [-0.3, -0.25) is 0 Å². The van der Waals surface area contributed by atoms with E-state index in [4.69, 9.17) is 0 Å². The molecule has 0 spiro atoms. The number of rotatable bonds is 3. The van der Waals surface area contributed by atoms with Gasteiger partial charge in [-0.1, -0.05) is 11.3 Å². The van der Waals surface area contributed by atoms with Crippen LogP contribution in [0.25, 0.3) is 10.9 Å². The summed E-state index contributed by atoms with van der Waals surface area (Å²) in [6.45, 7) is 1.41. The van der Waals surface area contributed by atoms with Crippen molar-refractivity contribution in [3.63, 3.8) is 0 Å². The van der Waals surface area contributed by atoms with Crippen molar-refractivity contribution in [1.29, 1.82) is 0 Å². The van der Waals surface area contributed by atoms with E-state index in [1.165, 1.54) is 12.4 Å². The molecule has 1 N–H and O–H groups in total. The Hall–Kier alpha value is -2.61. The maximum absolute atomic E-state index is 14.3. The Balaban J connectivity index is 1.67. The van der Waals surface area contributed by atoms with E-state index in [9.17, 15) is 9.50 Å². The molecule has 1 aliphatic heterocycles. The molecule has 0 aliphatic carbocycles. The largest absolute Gasteiger partial charge is 0.386 e. The summed E-state index contributed by atoms with van der Waals surface area (Å²) in [5.41, 5.74) is -0.403. The first-order valence-electron chi connectivity index (χ1n) is 7.85. The molecule has 4 rings (SSSR count). The van der Waals surface area contributed by atoms with Gasteiger partial charge in [0.25, 0.3) is 0 Å². The molecule has 124 valence electrons. The van der Waals surface area contributed by atoms with Crippen molar-refractivity contribution < 1.29 is 9.50 Å². The zero-order valence-electron chi connectivity index (χ0n) is 13.0. The highest BCUT2D eigenvalue weighted by molar-refractivity contribution is 5.89. The van der Waals surface area contributed by atoms with E-state index in [1.807, 2.05) is 4.90 Å². The molecule has 0 amide bonds. The van der Waals surface area contributed by atoms with Crippen molar-refractivity contribution in [1.82, 2.24) is 25.0 Å². The number of aromatic nitrogens is 5. The molecule has 1 aromatic carbocycles. The molecule has 2 aromatic heterocycles. The standard InChI is InChI=1S/C16H17FN6O/c17-12-3-1-4-13-14(12)15(19-11-18-13)22-7-2-5-16(24,9-22)10-23-8-6-20-21-23/h1,3-4,6,8,11,24H,2,5,7,9-10H2. The molecular formula is C16H17FN6O. The average molecular weight is 328 g/mol. The van der Waals surface area contributed by atoms with Crippen LogP contribution in [-0.2, 0) is 6.54 Å². The van der Waals surface area contributed by atoms with E-state index in [-0.39, 0.29) is 5.82 Å². The van der Waals surface area contributed by atoms with Gasteiger partial charge in [0, 0.05) is 19.3 Å². The molecule has 1 aliphatic rings. The Labute approximate surface area is 137 Å². The number of hydrogen-bond acceptors (Lipinski definition) is 6. The Morgan fingerprint density at radius 3 is 3.04 bits per heavy atom. The smallest absolute Gasteiger partial charge is 0.142 e. The van der Waals surface area contributed by atoms with Crippen LogP contribution in [0, 0.1) is 5.82 Å². The van der Waals surface area contributed by atoms with Crippen LogP contribution < -0.4 is 4.90 Å². The van der Waals surface area contributed by atoms with Crippen LogP contribution in [0.4, 0.5) is 10.2 Å². The van der Waals surface area contributed by atoms with Crippen LogP contribution in [0.15, 0.2) is 36.9 Å². The van der Waals surface area contributed by atoms with Crippen molar-refractivity contribution in [2.75, 3.05) is 18.0 Å². The number of nitrogens with zero attached hydrogens (tertiary/aromatic N) is 6. The fourth-order valence-corrected chi connectivity index (χ4v) is 3.33. The minimum absolute atomic E-state index is 0.342. The van der Waals surface area contributed by atoms with E-state index in [0.29, 0.717) is 42.8 Å². The second-order valence-corrected chi connectivity index (χ2v) is 6.18. The Bertz CT molecular complexity index is 850. The number of halogens is 1. The van der Waals surface area contributed by atoms with Gasteiger partial charge in [-0.05, 0) is 25.0 Å². The lowest BCUT2D eigenvalue weighted by Crippen LogP contribution is -2.51. The van der Waals surface area contributed by atoms with Crippen LogP contribution in [0.1, 0.15) is 12.8 Å². The number of fused-ring (bicyclic) bond motifs is 1. The summed E-state index contributed by atoms with van der Waals surface area (Å²) in [5, 5.41) is 19.0. The van der Waals surface area contributed by atoms with Gasteiger partial charge < -0.3 is 10.0 Å². The summed E-state index contributed by atoms with van der Waals surface area (Å²) >= 11 is 0. The molecule has 0 bridgehead atoms. The third-order valence-corrected chi connectivity index (χ3v) is 4.38. The molecule has 1 unspecified atom stereocenters. The Kier molecular flexibility index (Phi) is 3.61.